The van der Waals surface area contributed by atoms with E-state index in [1.807, 2.05) is 18.2 Å². The molecule has 0 saturated heterocycles. The van der Waals surface area contributed by atoms with Gasteiger partial charge in [-0.25, -0.2) is 14.5 Å². The predicted molar refractivity (Wildman–Crippen MR) is 141 cm³/mol. The van der Waals surface area contributed by atoms with Gasteiger partial charge in [-0.2, -0.15) is 4.98 Å². The van der Waals surface area contributed by atoms with Crippen LogP contribution in [0, 0.1) is 0 Å². The maximum Gasteiger partial charge on any atom is 0.413 e. The molecule has 0 aliphatic carbocycles. The molecule has 2 aromatic heterocycles. The first-order valence-electron chi connectivity index (χ1n) is 11.3. The van der Waals surface area contributed by atoms with Crippen LogP contribution in [0.1, 0.15) is 26.3 Å². The van der Waals surface area contributed by atoms with Gasteiger partial charge in [-0.3, -0.25) is 10.1 Å². The molecule has 0 radical (unpaired) electrons. The van der Waals surface area contributed by atoms with Gasteiger partial charge >= 0.3 is 11.7 Å². The van der Waals surface area contributed by atoms with Crippen LogP contribution < -0.4 is 20.9 Å². The summed E-state index contributed by atoms with van der Waals surface area (Å²) < 4.78 is 12.4. The molecule has 0 saturated carbocycles. The Bertz CT molecular complexity index is 1420. The minimum absolute atomic E-state index is 0.174. The van der Waals surface area contributed by atoms with Crippen molar-refractivity contribution in [1.29, 1.82) is 0 Å². The lowest BCUT2D eigenvalue weighted by Crippen LogP contribution is -2.31. The number of pyridine rings is 1. The van der Waals surface area contributed by atoms with Crippen molar-refractivity contribution in [2.75, 3.05) is 10.6 Å². The van der Waals surface area contributed by atoms with E-state index in [-0.39, 0.29) is 18.3 Å². The molecule has 190 valence electrons. The Morgan fingerprint density at radius 2 is 1.76 bits per heavy atom. The van der Waals surface area contributed by atoms with Gasteiger partial charge in [-0.15, -0.1) is 5.10 Å². The third-order valence-corrected chi connectivity index (χ3v) is 4.96. The van der Waals surface area contributed by atoms with E-state index < -0.39 is 17.3 Å². The molecule has 0 unspecified atom stereocenters. The lowest BCUT2D eigenvalue weighted by molar-refractivity contribution is 0.0634. The molecule has 2 aromatic carbocycles. The van der Waals surface area contributed by atoms with E-state index in [9.17, 15) is 9.59 Å². The molecule has 0 fully saturated rings. The molecule has 0 atom stereocenters. The van der Waals surface area contributed by atoms with Gasteiger partial charge in [0.25, 0.3) is 0 Å². The Labute approximate surface area is 218 Å². The number of anilines is 3. The van der Waals surface area contributed by atoms with Crippen LogP contribution in [-0.2, 0) is 11.3 Å². The molecule has 37 heavy (non-hydrogen) atoms. The fourth-order valence-electron chi connectivity index (χ4n) is 3.13. The Balaban J connectivity index is 1.59. The first-order chi connectivity index (χ1) is 17.6. The molecule has 4 rings (SSSR count). The molecule has 0 bridgehead atoms. The largest absolute Gasteiger partial charge is 0.444 e. The van der Waals surface area contributed by atoms with Crippen molar-refractivity contribution in [3.63, 3.8) is 0 Å². The summed E-state index contributed by atoms with van der Waals surface area (Å²) in [5.74, 6) is 0.978. The SMILES string of the molecule is CC(C)(C)OC(=O)Nc1nn(Cc2ccc(Cl)cc2)c(Nc2ccc(Oc3ccccn3)cc2)nc1=O. The average Bonchev–Trinajstić information content (AvgIpc) is 2.84. The van der Waals surface area contributed by atoms with Crippen LogP contribution in [0.2, 0.25) is 5.02 Å². The summed E-state index contributed by atoms with van der Waals surface area (Å²) in [5, 5.41) is 10.4. The highest BCUT2D eigenvalue weighted by molar-refractivity contribution is 6.30. The Morgan fingerprint density at radius 1 is 1.03 bits per heavy atom. The van der Waals surface area contributed by atoms with Crippen molar-refractivity contribution in [1.82, 2.24) is 19.7 Å². The Hall–Kier alpha value is -4.44. The normalized spacial score (nSPS) is 11.0. The zero-order valence-corrected chi connectivity index (χ0v) is 21.2. The topological polar surface area (TPSA) is 120 Å². The van der Waals surface area contributed by atoms with Gasteiger partial charge in [0.2, 0.25) is 17.6 Å². The van der Waals surface area contributed by atoms with Crippen LogP contribution in [0.4, 0.5) is 22.2 Å². The maximum absolute atomic E-state index is 12.7. The number of rotatable bonds is 7. The second-order valence-electron chi connectivity index (χ2n) is 8.92. The van der Waals surface area contributed by atoms with Crippen molar-refractivity contribution in [3.05, 3.63) is 93.9 Å². The monoisotopic (exact) mass is 520 g/mol. The molecule has 2 N–H and O–H groups in total. The molecule has 4 aromatic rings. The quantitative estimate of drug-likeness (QED) is 0.322. The minimum Gasteiger partial charge on any atom is -0.444 e. The van der Waals surface area contributed by atoms with Gasteiger partial charge in [0.15, 0.2) is 0 Å². The molecular formula is C26H25ClN6O4. The van der Waals surface area contributed by atoms with Crippen molar-refractivity contribution >= 4 is 35.1 Å². The maximum atomic E-state index is 12.7. The number of nitrogens with one attached hydrogen (secondary N) is 2. The molecule has 10 nitrogen and oxygen atoms in total. The van der Waals surface area contributed by atoms with Crippen LogP contribution in [0.25, 0.3) is 0 Å². The number of carbonyl (C=O) groups is 1. The highest BCUT2D eigenvalue weighted by atomic mass is 35.5. The molecule has 2 heterocycles. The molecule has 0 spiro atoms. The highest BCUT2D eigenvalue weighted by Crippen LogP contribution is 2.23. The van der Waals surface area contributed by atoms with Crippen LogP contribution in [-0.4, -0.2) is 31.4 Å². The molecule has 0 aliphatic heterocycles. The van der Waals surface area contributed by atoms with E-state index in [0.717, 1.165) is 5.56 Å². The van der Waals surface area contributed by atoms with Crippen LogP contribution in [0.15, 0.2) is 77.7 Å². The van der Waals surface area contributed by atoms with Crippen molar-refractivity contribution < 1.29 is 14.3 Å². The number of carbonyl (C=O) groups excluding carboxylic acids is 1. The van der Waals surface area contributed by atoms with Crippen LogP contribution >= 0.6 is 11.6 Å². The number of hydrogen-bond donors (Lipinski definition) is 2. The minimum atomic E-state index is -0.804. The van der Waals surface area contributed by atoms with Gasteiger partial charge in [-0.1, -0.05) is 29.8 Å². The zero-order chi connectivity index (χ0) is 26.4. The lowest BCUT2D eigenvalue weighted by atomic mass is 10.2. The van der Waals surface area contributed by atoms with E-state index in [1.54, 1.807) is 75.5 Å². The predicted octanol–water partition coefficient (Wildman–Crippen LogP) is 5.62. The third kappa shape index (κ3) is 7.52. The summed E-state index contributed by atoms with van der Waals surface area (Å²) in [7, 11) is 0. The van der Waals surface area contributed by atoms with Gasteiger partial charge in [-0.05, 0) is 68.8 Å². The summed E-state index contributed by atoms with van der Waals surface area (Å²) in [6.45, 7) is 5.40. The van der Waals surface area contributed by atoms with E-state index >= 15 is 0 Å². The highest BCUT2D eigenvalue weighted by Gasteiger charge is 2.19. The molecule has 1 amide bonds. The number of nitrogens with zero attached hydrogens (tertiary/aromatic N) is 4. The number of benzene rings is 2. The summed E-state index contributed by atoms with van der Waals surface area (Å²) in [6.07, 6.45) is 0.840. The van der Waals surface area contributed by atoms with E-state index in [4.69, 9.17) is 21.1 Å². The third-order valence-electron chi connectivity index (χ3n) is 4.71. The Morgan fingerprint density at radius 3 is 2.41 bits per heavy atom. The van der Waals surface area contributed by atoms with Crippen molar-refractivity contribution in [2.45, 2.75) is 32.9 Å². The summed E-state index contributed by atoms with van der Waals surface area (Å²) in [6, 6.07) is 19.6. The van der Waals surface area contributed by atoms with E-state index in [0.29, 0.717) is 22.3 Å². The van der Waals surface area contributed by atoms with E-state index in [1.165, 1.54) is 4.68 Å². The van der Waals surface area contributed by atoms with Crippen LogP contribution in [0.3, 0.4) is 0 Å². The Kier molecular flexibility index (Phi) is 7.69. The number of halogens is 1. The zero-order valence-electron chi connectivity index (χ0n) is 20.4. The summed E-state index contributed by atoms with van der Waals surface area (Å²) in [4.78, 5) is 33.2. The summed E-state index contributed by atoms with van der Waals surface area (Å²) >= 11 is 6.01. The van der Waals surface area contributed by atoms with Crippen LogP contribution in [0.5, 0.6) is 11.6 Å². The smallest absolute Gasteiger partial charge is 0.413 e. The molecule has 11 heteroatoms. The molecular weight excluding hydrogens is 496 g/mol. The van der Waals surface area contributed by atoms with Gasteiger partial charge in [0.05, 0.1) is 6.54 Å². The first kappa shape index (κ1) is 25.6. The van der Waals surface area contributed by atoms with Crippen molar-refractivity contribution in [2.24, 2.45) is 0 Å². The van der Waals surface area contributed by atoms with Gasteiger partial charge < -0.3 is 14.8 Å². The fourth-order valence-corrected chi connectivity index (χ4v) is 3.25. The standard InChI is InChI=1S/C26H25ClN6O4/c1-26(2,3)37-25(35)30-22-23(34)31-24(33(32-22)16-17-7-9-18(27)10-8-17)29-19-11-13-20(14-12-19)36-21-6-4-5-15-28-21/h4-15H,16H2,1-3H3,(H,29,31,34)(H,30,32,35). The second-order valence-corrected chi connectivity index (χ2v) is 9.36. The average molecular weight is 521 g/mol. The van der Waals surface area contributed by atoms with Gasteiger partial charge in [0, 0.05) is 23.0 Å². The lowest BCUT2D eigenvalue weighted by Gasteiger charge is -2.19. The number of ether oxygens (including phenoxy) is 2. The number of aromatic nitrogens is 4. The summed E-state index contributed by atoms with van der Waals surface area (Å²) in [5.41, 5.74) is 0.0247. The fraction of sp³-hybridized carbons (Fsp3) is 0.192. The first-order valence-corrected chi connectivity index (χ1v) is 11.7. The number of amides is 1. The second kappa shape index (κ2) is 11.1. The molecule has 0 aliphatic rings. The number of hydrogen-bond acceptors (Lipinski definition) is 8. The van der Waals surface area contributed by atoms with Gasteiger partial charge in [0.1, 0.15) is 11.4 Å². The van der Waals surface area contributed by atoms with E-state index in [2.05, 4.69) is 25.7 Å². The van der Waals surface area contributed by atoms with Crippen molar-refractivity contribution in [3.8, 4) is 11.6 Å².